The molecule has 1 aliphatic rings. The van der Waals surface area contributed by atoms with E-state index in [9.17, 15) is 14.7 Å². The van der Waals surface area contributed by atoms with E-state index >= 15 is 0 Å². The molecule has 0 amide bonds. The van der Waals surface area contributed by atoms with Crippen LogP contribution in [-0.2, 0) is 19.1 Å². The Morgan fingerprint density at radius 2 is 1.58 bits per heavy atom. The number of allylic oxidation sites excluding steroid dienone is 2. The topological polar surface area (TPSA) is 112 Å². The third kappa shape index (κ3) is 11.0. The van der Waals surface area contributed by atoms with E-state index < -0.39 is 24.0 Å². The zero-order valence-electron chi connectivity index (χ0n) is 27.3. The molecule has 246 valence electrons. The summed E-state index contributed by atoms with van der Waals surface area (Å²) in [6.07, 6.45) is 11.9. The minimum absolute atomic E-state index is 0.0137. The Morgan fingerprint density at radius 3 is 2.16 bits per heavy atom. The van der Waals surface area contributed by atoms with Gasteiger partial charge in [-0.2, -0.15) is 0 Å². The van der Waals surface area contributed by atoms with Gasteiger partial charge in [0.05, 0.1) is 24.2 Å². The van der Waals surface area contributed by atoms with Crippen molar-refractivity contribution in [3.8, 4) is 22.6 Å². The average Bonchev–Trinajstić information content (AvgIpc) is 3.04. The molecule has 0 heterocycles. The maximum atomic E-state index is 12.2. The summed E-state index contributed by atoms with van der Waals surface area (Å²) in [5.41, 5.74) is 3.49. The van der Waals surface area contributed by atoms with Gasteiger partial charge in [0.25, 0.3) is 0 Å². The van der Waals surface area contributed by atoms with Gasteiger partial charge in [0.2, 0.25) is 0 Å². The molecular formula is C37H50O8. The molecule has 0 aliphatic heterocycles. The fraction of sp³-hybridized carbons (Fsp3) is 0.514. The molecule has 2 aromatic carbocycles. The van der Waals surface area contributed by atoms with E-state index in [0.29, 0.717) is 17.4 Å². The Morgan fingerprint density at radius 1 is 0.933 bits per heavy atom. The number of carbonyl (C=O) groups is 2. The van der Waals surface area contributed by atoms with Gasteiger partial charge in [-0.25, -0.2) is 4.79 Å². The molecular weight excluding hydrogens is 572 g/mol. The van der Waals surface area contributed by atoms with Crippen LogP contribution in [0.3, 0.4) is 0 Å². The van der Waals surface area contributed by atoms with Crippen LogP contribution in [0.25, 0.3) is 11.1 Å². The number of hydrogen-bond donors (Lipinski definition) is 2. The number of benzene rings is 2. The second-order valence-corrected chi connectivity index (χ2v) is 12.4. The molecule has 2 aromatic rings. The summed E-state index contributed by atoms with van der Waals surface area (Å²) in [7, 11) is 0. The smallest absolute Gasteiger partial charge is 0.335 e. The number of aliphatic hydroxyl groups is 2. The van der Waals surface area contributed by atoms with E-state index in [2.05, 4.69) is 50.8 Å². The summed E-state index contributed by atoms with van der Waals surface area (Å²) >= 11 is 0. The largest absolute Gasteiger partial charge is 0.490 e. The molecule has 0 spiro atoms. The van der Waals surface area contributed by atoms with Gasteiger partial charge >= 0.3 is 11.9 Å². The lowest BCUT2D eigenvalue weighted by Gasteiger charge is -2.29. The van der Waals surface area contributed by atoms with Gasteiger partial charge in [-0.15, -0.1) is 0 Å². The fourth-order valence-corrected chi connectivity index (χ4v) is 5.46. The van der Waals surface area contributed by atoms with Crippen molar-refractivity contribution in [2.45, 2.75) is 72.1 Å². The zero-order chi connectivity index (χ0) is 32.8. The molecule has 45 heavy (non-hydrogen) atoms. The summed E-state index contributed by atoms with van der Waals surface area (Å²) in [4.78, 5) is 24.0. The number of ether oxygens (including phenoxy) is 4. The maximum Gasteiger partial charge on any atom is 0.335 e. The molecule has 1 saturated carbocycles. The van der Waals surface area contributed by atoms with Crippen LogP contribution < -0.4 is 9.47 Å². The van der Waals surface area contributed by atoms with E-state index in [4.69, 9.17) is 24.1 Å². The van der Waals surface area contributed by atoms with Gasteiger partial charge < -0.3 is 29.2 Å². The lowest BCUT2D eigenvalue weighted by atomic mass is 9.76. The molecule has 0 aromatic heterocycles. The van der Waals surface area contributed by atoms with Crippen LogP contribution in [0.4, 0.5) is 0 Å². The molecule has 0 radical (unpaired) electrons. The predicted octanol–water partition coefficient (Wildman–Crippen LogP) is 6.70. The Hall–Kier alpha value is -3.62. The molecule has 1 aliphatic carbocycles. The summed E-state index contributed by atoms with van der Waals surface area (Å²) in [6, 6.07) is 12.3. The van der Waals surface area contributed by atoms with Gasteiger partial charge in [0.1, 0.15) is 37.9 Å². The second-order valence-electron chi connectivity index (χ2n) is 12.4. The number of rotatable bonds is 17. The van der Waals surface area contributed by atoms with Crippen LogP contribution in [0.15, 0.2) is 60.7 Å². The van der Waals surface area contributed by atoms with Crippen LogP contribution in [0, 0.1) is 18.3 Å². The number of aliphatic hydroxyl groups excluding tert-OH is 2. The molecule has 0 bridgehead atoms. The SMILES string of the molecule is C=C(CO)C(=O)OCCOc1cc(OCCOC(=O)C(C)(C)CO)cc(-c2ccc(C3CCC(CC/C=C/C)CC3)cc2C)c1. The normalized spacial score (nSPS) is 16.8. The average molecular weight is 623 g/mol. The van der Waals surface area contributed by atoms with Crippen molar-refractivity contribution in [1.82, 2.24) is 0 Å². The van der Waals surface area contributed by atoms with Crippen molar-refractivity contribution in [3.63, 3.8) is 0 Å². The number of esters is 2. The summed E-state index contributed by atoms with van der Waals surface area (Å²) in [5.74, 6) is 1.29. The fourth-order valence-electron chi connectivity index (χ4n) is 5.46. The number of hydrogen-bond acceptors (Lipinski definition) is 8. The Kier molecular flexibility index (Phi) is 14.2. The summed E-state index contributed by atoms with van der Waals surface area (Å²) < 4.78 is 22.2. The highest BCUT2D eigenvalue weighted by atomic mass is 16.6. The van der Waals surface area contributed by atoms with Crippen molar-refractivity contribution < 1.29 is 38.7 Å². The Bertz CT molecular complexity index is 1300. The number of aryl methyl sites for hydroxylation is 1. The van der Waals surface area contributed by atoms with Crippen LogP contribution in [-0.4, -0.2) is 61.8 Å². The molecule has 3 rings (SSSR count). The quantitative estimate of drug-likeness (QED) is 0.0868. The first-order chi connectivity index (χ1) is 21.6. The zero-order valence-corrected chi connectivity index (χ0v) is 27.3. The molecule has 1 fully saturated rings. The minimum Gasteiger partial charge on any atom is -0.490 e. The van der Waals surface area contributed by atoms with Crippen LogP contribution in [0.5, 0.6) is 11.5 Å². The van der Waals surface area contributed by atoms with Crippen molar-refractivity contribution in [2.75, 3.05) is 39.6 Å². The first-order valence-electron chi connectivity index (χ1n) is 15.9. The Labute approximate surface area is 268 Å². The van der Waals surface area contributed by atoms with E-state index in [-0.39, 0.29) is 38.6 Å². The van der Waals surface area contributed by atoms with Crippen LogP contribution in [0.2, 0.25) is 0 Å². The van der Waals surface area contributed by atoms with Gasteiger partial charge in [0, 0.05) is 6.07 Å². The standard InChI is InChI=1S/C37H50O8/c1-6-7-8-9-28-10-12-29(13-11-28)30-14-15-34(26(2)20-30)31-21-32(42-16-18-44-35(40)27(3)24-38)23-33(22-31)43-17-19-45-36(41)37(4,5)25-39/h6-7,14-15,20-23,28-29,38-39H,3,8-13,16-19,24-25H2,1-2,4-5H3/b7-6+. The first kappa shape index (κ1) is 35.9. The molecule has 2 N–H and O–H groups in total. The van der Waals surface area contributed by atoms with Gasteiger partial charge in [0.15, 0.2) is 0 Å². The molecule has 0 saturated heterocycles. The van der Waals surface area contributed by atoms with Crippen molar-refractivity contribution in [1.29, 1.82) is 0 Å². The van der Waals surface area contributed by atoms with E-state index in [1.807, 2.05) is 12.1 Å². The molecule has 0 unspecified atom stereocenters. The predicted molar refractivity (Wildman–Crippen MR) is 175 cm³/mol. The molecule has 8 heteroatoms. The van der Waals surface area contributed by atoms with Crippen molar-refractivity contribution in [2.24, 2.45) is 11.3 Å². The van der Waals surface area contributed by atoms with Gasteiger partial charge in [-0.3, -0.25) is 4.79 Å². The van der Waals surface area contributed by atoms with Crippen LogP contribution in [0.1, 0.15) is 76.3 Å². The minimum atomic E-state index is -0.983. The van der Waals surface area contributed by atoms with Crippen LogP contribution >= 0.6 is 0 Å². The highest BCUT2D eigenvalue weighted by Crippen LogP contribution is 2.39. The molecule has 8 nitrogen and oxygen atoms in total. The van der Waals surface area contributed by atoms with Gasteiger partial charge in [-0.05, 0) is 112 Å². The highest BCUT2D eigenvalue weighted by molar-refractivity contribution is 5.87. The lowest BCUT2D eigenvalue weighted by Crippen LogP contribution is -2.31. The highest BCUT2D eigenvalue weighted by Gasteiger charge is 2.28. The van der Waals surface area contributed by atoms with E-state index in [1.165, 1.54) is 44.1 Å². The van der Waals surface area contributed by atoms with E-state index in [0.717, 1.165) is 22.6 Å². The maximum absolute atomic E-state index is 12.2. The number of carbonyl (C=O) groups excluding carboxylic acids is 2. The summed E-state index contributed by atoms with van der Waals surface area (Å²) in [6.45, 7) is 10.3. The second kappa shape index (κ2) is 17.8. The third-order valence-corrected chi connectivity index (χ3v) is 8.33. The Balaban J connectivity index is 1.71. The van der Waals surface area contributed by atoms with Gasteiger partial charge in [-0.1, -0.05) is 36.9 Å². The summed E-state index contributed by atoms with van der Waals surface area (Å²) in [5, 5.41) is 18.5. The monoisotopic (exact) mass is 622 g/mol. The van der Waals surface area contributed by atoms with Crippen molar-refractivity contribution >= 4 is 11.9 Å². The lowest BCUT2D eigenvalue weighted by molar-refractivity contribution is -0.156. The first-order valence-corrected chi connectivity index (χ1v) is 15.9. The molecule has 0 atom stereocenters. The van der Waals surface area contributed by atoms with E-state index in [1.54, 1.807) is 19.9 Å². The van der Waals surface area contributed by atoms with Crippen molar-refractivity contribution in [3.05, 3.63) is 71.8 Å². The third-order valence-electron chi connectivity index (χ3n) is 8.33.